The van der Waals surface area contributed by atoms with Crippen molar-refractivity contribution in [3.63, 3.8) is 0 Å². The fourth-order valence-corrected chi connectivity index (χ4v) is 4.27. The first-order valence-electron chi connectivity index (χ1n) is 9.36. The maximum Gasteiger partial charge on any atom is 0.233 e. The normalized spacial score (nSPS) is 17.5. The minimum absolute atomic E-state index is 0.0115. The van der Waals surface area contributed by atoms with E-state index in [9.17, 15) is 4.79 Å². The van der Waals surface area contributed by atoms with Crippen molar-refractivity contribution >= 4 is 28.5 Å². The van der Waals surface area contributed by atoms with Crippen LogP contribution in [0.3, 0.4) is 0 Å². The van der Waals surface area contributed by atoms with Gasteiger partial charge in [0.2, 0.25) is 11.7 Å². The van der Waals surface area contributed by atoms with Crippen LogP contribution in [0.15, 0.2) is 41.4 Å². The molecule has 2 aromatic rings. The Morgan fingerprint density at radius 2 is 1.83 bits per heavy atom. The number of methoxy groups -OCH3 is 3. The number of ether oxygens (including phenoxy) is 3. The van der Waals surface area contributed by atoms with E-state index in [1.807, 2.05) is 43.3 Å². The van der Waals surface area contributed by atoms with Crippen LogP contribution >= 0.6 is 11.8 Å². The Balaban J connectivity index is 1.85. The van der Waals surface area contributed by atoms with Crippen molar-refractivity contribution in [2.45, 2.75) is 25.5 Å². The maximum absolute atomic E-state index is 13.1. The van der Waals surface area contributed by atoms with Crippen LogP contribution in [0.1, 0.15) is 18.1 Å². The molecule has 6 nitrogen and oxygen atoms in total. The lowest BCUT2D eigenvalue weighted by atomic mass is 10.1. The summed E-state index contributed by atoms with van der Waals surface area (Å²) in [6.45, 7) is 4.77. The van der Waals surface area contributed by atoms with Gasteiger partial charge >= 0.3 is 0 Å². The largest absolute Gasteiger partial charge is 0.493 e. The van der Waals surface area contributed by atoms with Crippen molar-refractivity contribution in [2.24, 2.45) is 4.99 Å². The van der Waals surface area contributed by atoms with Crippen LogP contribution in [0.2, 0.25) is 0 Å². The van der Waals surface area contributed by atoms with Crippen LogP contribution in [0.4, 0.5) is 5.69 Å². The molecule has 1 heterocycles. The molecule has 1 atom stereocenters. The molecule has 3 rings (SSSR count). The first-order valence-corrected chi connectivity index (χ1v) is 10.2. The standard InChI is InChI=1S/C22H26N2O4S/c1-14-7-6-8-17(9-14)23-22-24(13-15(2)29-22)20(25)12-16-10-18(26-3)21(28-5)19(11-16)27-4/h6-11,15H,12-13H2,1-5H3/t15-/m1/s1. The third kappa shape index (κ3) is 4.85. The van der Waals surface area contributed by atoms with E-state index in [0.29, 0.717) is 29.0 Å². The number of carbonyl (C=O) groups is 1. The third-order valence-corrected chi connectivity index (χ3v) is 5.66. The summed E-state index contributed by atoms with van der Waals surface area (Å²) >= 11 is 1.62. The molecule has 1 aliphatic heterocycles. The Labute approximate surface area is 175 Å². The SMILES string of the molecule is COc1cc(CC(=O)N2C[C@@H](C)SC2=Nc2cccc(C)c2)cc(OC)c1OC. The van der Waals surface area contributed by atoms with Gasteiger partial charge in [-0.15, -0.1) is 0 Å². The Morgan fingerprint density at radius 3 is 2.41 bits per heavy atom. The zero-order valence-corrected chi connectivity index (χ0v) is 18.2. The number of amidine groups is 1. The second kappa shape index (κ2) is 9.22. The van der Waals surface area contributed by atoms with Crippen LogP contribution in [-0.4, -0.2) is 49.1 Å². The van der Waals surface area contributed by atoms with E-state index in [0.717, 1.165) is 22.0 Å². The smallest absolute Gasteiger partial charge is 0.233 e. The molecule has 1 aliphatic rings. The van der Waals surface area contributed by atoms with Gasteiger partial charge in [-0.05, 0) is 42.3 Å². The number of amides is 1. The molecular formula is C22H26N2O4S. The van der Waals surface area contributed by atoms with Crippen molar-refractivity contribution in [1.29, 1.82) is 0 Å². The Bertz CT molecular complexity index is 904. The minimum Gasteiger partial charge on any atom is -0.493 e. The molecule has 0 radical (unpaired) electrons. The molecule has 0 bridgehead atoms. The summed E-state index contributed by atoms with van der Waals surface area (Å²) in [5.41, 5.74) is 2.79. The Hall–Kier alpha value is -2.67. The van der Waals surface area contributed by atoms with Gasteiger partial charge in [-0.25, -0.2) is 4.99 Å². The number of hydrogen-bond donors (Lipinski definition) is 0. The minimum atomic E-state index is -0.0115. The molecule has 0 N–H and O–H groups in total. The number of benzene rings is 2. The van der Waals surface area contributed by atoms with E-state index in [2.05, 4.69) is 6.92 Å². The summed E-state index contributed by atoms with van der Waals surface area (Å²) < 4.78 is 16.2. The van der Waals surface area contributed by atoms with Crippen molar-refractivity contribution in [3.05, 3.63) is 47.5 Å². The molecule has 154 valence electrons. The molecule has 1 saturated heterocycles. The molecule has 0 aromatic heterocycles. The zero-order chi connectivity index (χ0) is 21.0. The van der Waals surface area contributed by atoms with E-state index in [1.54, 1.807) is 38.0 Å². The number of aryl methyl sites for hydroxylation is 1. The molecule has 29 heavy (non-hydrogen) atoms. The molecule has 1 amide bonds. The third-order valence-electron chi connectivity index (χ3n) is 4.58. The average Bonchev–Trinajstić information content (AvgIpc) is 3.07. The van der Waals surface area contributed by atoms with E-state index in [-0.39, 0.29) is 12.3 Å². The van der Waals surface area contributed by atoms with Crippen molar-refractivity contribution < 1.29 is 19.0 Å². The number of nitrogens with zero attached hydrogens (tertiary/aromatic N) is 2. The van der Waals surface area contributed by atoms with Crippen LogP contribution in [-0.2, 0) is 11.2 Å². The van der Waals surface area contributed by atoms with Gasteiger partial charge in [0, 0.05) is 11.8 Å². The lowest BCUT2D eigenvalue weighted by Crippen LogP contribution is -2.33. The first-order chi connectivity index (χ1) is 13.9. The van der Waals surface area contributed by atoms with Gasteiger partial charge in [-0.2, -0.15) is 0 Å². The van der Waals surface area contributed by atoms with E-state index < -0.39 is 0 Å². The Kier molecular flexibility index (Phi) is 6.69. The molecule has 0 spiro atoms. The maximum atomic E-state index is 13.1. The molecule has 0 aliphatic carbocycles. The highest BCUT2D eigenvalue weighted by Gasteiger charge is 2.31. The van der Waals surface area contributed by atoms with Gasteiger partial charge in [-0.3, -0.25) is 9.69 Å². The number of carbonyl (C=O) groups excluding carboxylic acids is 1. The van der Waals surface area contributed by atoms with Gasteiger partial charge in [0.25, 0.3) is 0 Å². The quantitative estimate of drug-likeness (QED) is 0.708. The van der Waals surface area contributed by atoms with Crippen LogP contribution in [0.5, 0.6) is 17.2 Å². The van der Waals surface area contributed by atoms with Crippen LogP contribution in [0.25, 0.3) is 0 Å². The highest BCUT2D eigenvalue weighted by atomic mass is 32.2. The predicted octanol–water partition coefficient (Wildman–Crippen LogP) is 4.21. The van der Waals surface area contributed by atoms with Crippen LogP contribution in [0, 0.1) is 6.92 Å². The lowest BCUT2D eigenvalue weighted by molar-refractivity contribution is -0.126. The van der Waals surface area contributed by atoms with E-state index in [1.165, 1.54) is 0 Å². The number of aliphatic imine (C=N–C) groups is 1. The first kappa shape index (κ1) is 21.0. The summed E-state index contributed by atoms with van der Waals surface area (Å²) in [7, 11) is 4.69. The number of hydrogen-bond acceptors (Lipinski definition) is 6. The summed E-state index contributed by atoms with van der Waals surface area (Å²) in [5.74, 6) is 1.57. The molecule has 2 aromatic carbocycles. The second-order valence-electron chi connectivity index (χ2n) is 6.88. The second-order valence-corrected chi connectivity index (χ2v) is 8.28. The predicted molar refractivity (Wildman–Crippen MR) is 117 cm³/mol. The highest BCUT2D eigenvalue weighted by Crippen LogP contribution is 2.38. The molecular weight excluding hydrogens is 388 g/mol. The topological polar surface area (TPSA) is 60.4 Å². The molecule has 7 heteroatoms. The number of thioether (sulfide) groups is 1. The van der Waals surface area contributed by atoms with Crippen molar-refractivity contribution in [3.8, 4) is 17.2 Å². The molecule has 1 fully saturated rings. The monoisotopic (exact) mass is 414 g/mol. The molecule has 0 unspecified atom stereocenters. The van der Waals surface area contributed by atoms with Gasteiger partial charge < -0.3 is 14.2 Å². The summed E-state index contributed by atoms with van der Waals surface area (Å²) in [5, 5.41) is 1.03. The van der Waals surface area contributed by atoms with Crippen LogP contribution < -0.4 is 14.2 Å². The molecule has 0 saturated carbocycles. The van der Waals surface area contributed by atoms with Gasteiger partial charge in [0.05, 0.1) is 33.4 Å². The number of rotatable bonds is 6. The van der Waals surface area contributed by atoms with Gasteiger partial charge in [0.1, 0.15) is 0 Å². The summed E-state index contributed by atoms with van der Waals surface area (Å²) in [6.07, 6.45) is 0.219. The summed E-state index contributed by atoms with van der Waals surface area (Å²) in [6, 6.07) is 11.6. The van der Waals surface area contributed by atoms with E-state index in [4.69, 9.17) is 19.2 Å². The van der Waals surface area contributed by atoms with Crippen molar-refractivity contribution in [1.82, 2.24) is 4.90 Å². The fraction of sp³-hybridized carbons (Fsp3) is 0.364. The lowest BCUT2D eigenvalue weighted by Gasteiger charge is -2.18. The van der Waals surface area contributed by atoms with Crippen molar-refractivity contribution in [2.75, 3.05) is 27.9 Å². The summed E-state index contributed by atoms with van der Waals surface area (Å²) in [4.78, 5) is 19.6. The average molecular weight is 415 g/mol. The van der Waals surface area contributed by atoms with E-state index >= 15 is 0 Å². The van der Waals surface area contributed by atoms with Gasteiger partial charge in [-0.1, -0.05) is 30.8 Å². The highest BCUT2D eigenvalue weighted by molar-refractivity contribution is 8.14. The fourth-order valence-electron chi connectivity index (χ4n) is 3.23. The zero-order valence-electron chi connectivity index (χ0n) is 17.4. The van der Waals surface area contributed by atoms with Gasteiger partial charge in [0.15, 0.2) is 16.7 Å². The Morgan fingerprint density at radius 1 is 1.14 bits per heavy atom.